The first-order valence-electron chi connectivity index (χ1n) is 9.70. The molecule has 0 spiro atoms. The minimum atomic E-state index is -0.0160. The quantitative estimate of drug-likeness (QED) is 0.495. The smallest absolute Gasteiger partial charge is 0.227 e. The molecule has 164 valence electrons. The summed E-state index contributed by atoms with van der Waals surface area (Å²) >= 11 is 12.2. The van der Waals surface area contributed by atoms with Crippen LogP contribution in [0.3, 0.4) is 0 Å². The fraction of sp³-hybridized carbons (Fsp3) is 0.304. The van der Waals surface area contributed by atoms with Gasteiger partial charge < -0.3 is 14.4 Å². The van der Waals surface area contributed by atoms with Gasteiger partial charge in [-0.1, -0.05) is 23.2 Å². The zero-order chi connectivity index (χ0) is 22.7. The van der Waals surface area contributed by atoms with Crippen LogP contribution in [0, 0.1) is 13.8 Å². The van der Waals surface area contributed by atoms with Crippen LogP contribution >= 0.6 is 23.2 Å². The molecule has 3 aromatic rings. The second-order valence-electron chi connectivity index (χ2n) is 7.26. The number of methoxy groups -OCH3 is 2. The van der Waals surface area contributed by atoms with Crippen molar-refractivity contribution in [2.45, 2.75) is 26.8 Å². The lowest BCUT2D eigenvalue weighted by molar-refractivity contribution is -0.129. The summed E-state index contributed by atoms with van der Waals surface area (Å²) in [5.41, 5.74) is 4.28. The van der Waals surface area contributed by atoms with E-state index in [9.17, 15) is 4.79 Å². The normalized spacial score (nSPS) is 10.8. The Morgan fingerprint density at radius 3 is 2.45 bits per heavy atom. The van der Waals surface area contributed by atoms with Gasteiger partial charge in [-0.3, -0.25) is 4.79 Å². The highest BCUT2D eigenvalue weighted by Crippen LogP contribution is 2.28. The molecule has 0 aliphatic rings. The van der Waals surface area contributed by atoms with Gasteiger partial charge in [0, 0.05) is 36.5 Å². The number of ether oxygens (including phenoxy) is 2. The van der Waals surface area contributed by atoms with Gasteiger partial charge in [-0.2, -0.15) is 5.10 Å². The third-order valence-electron chi connectivity index (χ3n) is 5.24. The number of likely N-dealkylation sites (N-methyl/N-ethyl adjacent to an activating group) is 1. The monoisotopic (exact) mass is 461 g/mol. The molecule has 3 rings (SSSR count). The largest absolute Gasteiger partial charge is 0.497 e. The van der Waals surface area contributed by atoms with Crippen LogP contribution < -0.4 is 9.47 Å². The molecule has 0 fully saturated rings. The van der Waals surface area contributed by atoms with Crippen LogP contribution in [0.1, 0.15) is 22.5 Å². The van der Waals surface area contributed by atoms with E-state index in [-0.39, 0.29) is 12.3 Å². The molecule has 8 heteroatoms. The molecule has 0 bridgehead atoms. The lowest BCUT2D eigenvalue weighted by atomic mass is 10.1. The topological polar surface area (TPSA) is 56.6 Å². The maximum Gasteiger partial charge on any atom is 0.227 e. The van der Waals surface area contributed by atoms with Crippen molar-refractivity contribution in [2.24, 2.45) is 0 Å². The van der Waals surface area contributed by atoms with E-state index in [0.29, 0.717) is 28.1 Å². The van der Waals surface area contributed by atoms with Crippen LogP contribution in [-0.2, 0) is 17.8 Å². The van der Waals surface area contributed by atoms with Gasteiger partial charge in [-0.15, -0.1) is 0 Å². The highest BCUT2D eigenvalue weighted by Gasteiger charge is 2.19. The van der Waals surface area contributed by atoms with E-state index < -0.39 is 0 Å². The Labute approximate surface area is 192 Å². The van der Waals surface area contributed by atoms with Crippen molar-refractivity contribution in [3.05, 3.63) is 69.0 Å². The predicted octanol–water partition coefficient (Wildman–Crippen LogP) is 5.01. The SMILES string of the molecule is COc1ccc(CN(C)C(=O)Cc2c(C)nn(-c3ccc(Cl)c(Cl)c3)c2C)c(OC)c1. The van der Waals surface area contributed by atoms with Crippen molar-refractivity contribution in [3.63, 3.8) is 0 Å². The zero-order valence-electron chi connectivity index (χ0n) is 18.2. The van der Waals surface area contributed by atoms with Crippen molar-refractivity contribution >= 4 is 29.1 Å². The summed E-state index contributed by atoms with van der Waals surface area (Å²) in [7, 11) is 4.98. The average molecular weight is 462 g/mol. The van der Waals surface area contributed by atoms with Crippen molar-refractivity contribution in [2.75, 3.05) is 21.3 Å². The number of rotatable bonds is 7. The fourth-order valence-electron chi connectivity index (χ4n) is 3.41. The summed E-state index contributed by atoms with van der Waals surface area (Å²) in [6.45, 7) is 4.26. The first-order chi connectivity index (χ1) is 14.7. The van der Waals surface area contributed by atoms with E-state index in [2.05, 4.69) is 5.10 Å². The molecule has 0 saturated carbocycles. The number of hydrogen-bond acceptors (Lipinski definition) is 4. The van der Waals surface area contributed by atoms with Crippen molar-refractivity contribution < 1.29 is 14.3 Å². The number of carbonyl (C=O) groups excluding carboxylic acids is 1. The molecule has 31 heavy (non-hydrogen) atoms. The lowest BCUT2D eigenvalue weighted by Gasteiger charge is -2.19. The van der Waals surface area contributed by atoms with E-state index in [1.807, 2.05) is 38.1 Å². The van der Waals surface area contributed by atoms with Gasteiger partial charge in [0.05, 0.1) is 42.1 Å². The van der Waals surface area contributed by atoms with Gasteiger partial charge in [-0.05, 0) is 44.2 Å². The molecule has 0 radical (unpaired) electrons. The Balaban J connectivity index is 1.79. The number of nitrogens with zero attached hydrogens (tertiary/aromatic N) is 3. The third kappa shape index (κ3) is 4.97. The molecule has 2 aromatic carbocycles. The predicted molar refractivity (Wildman–Crippen MR) is 123 cm³/mol. The molecule has 0 aliphatic carbocycles. The molecule has 0 unspecified atom stereocenters. The standard InChI is InChI=1S/C23H25Cl2N3O3/c1-14-19(15(2)28(26-14)17-7-9-20(24)21(25)10-17)12-23(29)27(3)13-16-6-8-18(30-4)11-22(16)31-5/h6-11H,12-13H2,1-5H3. The fourth-order valence-corrected chi connectivity index (χ4v) is 3.70. The number of amides is 1. The Hall–Kier alpha value is -2.70. The van der Waals surface area contributed by atoms with Gasteiger partial charge in [0.15, 0.2) is 0 Å². The van der Waals surface area contributed by atoms with Crippen LogP contribution in [0.15, 0.2) is 36.4 Å². The molecule has 0 saturated heterocycles. The van der Waals surface area contributed by atoms with Crippen molar-refractivity contribution in [1.82, 2.24) is 14.7 Å². The first-order valence-corrected chi connectivity index (χ1v) is 10.5. The van der Waals surface area contributed by atoms with Gasteiger partial charge in [0.1, 0.15) is 11.5 Å². The van der Waals surface area contributed by atoms with E-state index in [1.54, 1.807) is 43.0 Å². The maximum atomic E-state index is 13.0. The Kier molecular flexibility index (Phi) is 7.13. The van der Waals surface area contributed by atoms with Crippen molar-refractivity contribution in [1.29, 1.82) is 0 Å². The summed E-state index contributed by atoms with van der Waals surface area (Å²) in [5.74, 6) is 1.37. The average Bonchev–Trinajstić information content (AvgIpc) is 3.04. The minimum Gasteiger partial charge on any atom is -0.497 e. The number of aromatic nitrogens is 2. The van der Waals surface area contributed by atoms with Gasteiger partial charge >= 0.3 is 0 Å². The van der Waals surface area contributed by atoms with Crippen LogP contribution in [0.2, 0.25) is 10.0 Å². The highest BCUT2D eigenvalue weighted by molar-refractivity contribution is 6.42. The zero-order valence-corrected chi connectivity index (χ0v) is 19.7. The number of hydrogen-bond donors (Lipinski definition) is 0. The van der Waals surface area contributed by atoms with Gasteiger partial charge in [0.2, 0.25) is 5.91 Å². The summed E-state index contributed by atoms with van der Waals surface area (Å²) in [6.07, 6.45) is 0.244. The molecule has 1 heterocycles. The molecule has 0 aliphatic heterocycles. The lowest BCUT2D eigenvalue weighted by Crippen LogP contribution is -2.28. The second kappa shape index (κ2) is 9.62. The summed E-state index contributed by atoms with van der Waals surface area (Å²) in [4.78, 5) is 14.7. The summed E-state index contributed by atoms with van der Waals surface area (Å²) in [6, 6.07) is 10.9. The second-order valence-corrected chi connectivity index (χ2v) is 8.08. The molecular formula is C23H25Cl2N3O3. The Bertz CT molecular complexity index is 1110. The van der Waals surface area contributed by atoms with Crippen molar-refractivity contribution in [3.8, 4) is 17.2 Å². The van der Waals surface area contributed by atoms with E-state index >= 15 is 0 Å². The van der Waals surface area contributed by atoms with E-state index in [4.69, 9.17) is 32.7 Å². The van der Waals surface area contributed by atoms with Crippen LogP contribution in [0.4, 0.5) is 0 Å². The third-order valence-corrected chi connectivity index (χ3v) is 5.98. The summed E-state index contributed by atoms with van der Waals surface area (Å²) < 4.78 is 12.5. The Morgan fingerprint density at radius 2 is 1.81 bits per heavy atom. The Morgan fingerprint density at radius 1 is 1.06 bits per heavy atom. The molecule has 0 atom stereocenters. The van der Waals surface area contributed by atoms with E-state index in [0.717, 1.165) is 28.2 Å². The van der Waals surface area contributed by atoms with Crippen LogP contribution in [0.5, 0.6) is 11.5 Å². The summed E-state index contributed by atoms with van der Waals surface area (Å²) in [5, 5.41) is 5.54. The van der Waals surface area contributed by atoms with Crippen LogP contribution in [0.25, 0.3) is 5.69 Å². The number of benzene rings is 2. The maximum absolute atomic E-state index is 13.0. The molecule has 1 aromatic heterocycles. The van der Waals surface area contributed by atoms with E-state index in [1.165, 1.54) is 0 Å². The highest BCUT2D eigenvalue weighted by atomic mass is 35.5. The number of aryl methyl sites for hydroxylation is 1. The molecule has 0 N–H and O–H groups in total. The number of halogens is 2. The van der Waals surface area contributed by atoms with Crippen LogP contribution in [-0.4, -0.2) is 41.9 Å². The molecular weight excluding hydrogens is 437 g/mol. The molecule has 1 amide bonds. The number of carbonyl (C=O) groups is 1. The molecule has 6 nitrogen and oxygen atoms in total. The minimum absolute atomic E-state index is 0.0160. The first kappa shape index (κ1) is 23.0. The van der Waals surface area contributed by atoms with Gasteiger partial charge in [0.25, 0.3) is 0 Å². The van der Waals surface area contributed by atoms with Gasteiger partial charge in [-0.25, -0.2) is 4.68 Å².